The zero-order valence-electron chi connectivity index (χ0n) is 32.3. The monoisotopic (exact) mass is 641 g/mol. The zero-order chi connectivity index (χ0) is 33.0. The molecule has 0 atom stereocenters. The van der Waals surface area contributed by atoms with Gasteiger partial charge < -0.3 is 0 Å². The molecule has 0 aliphatic rings. The molecule has 46 heavy (non-hydrogen) atoms. The van der Waals surface area contributed by atoms with E-state index in [0.29, 0.717) is 0 Å². The lowest BCUT2D eigenvalue weighted by molar-refractivity contribution is -0.698. The molecule has 1 nitrogen and oxygen atoms in total. The van der Waals surface area contributed by atoms with Crippen molar-refractivity contribution in [1.82, 2.24) is 0 Å². The Morgan fingerprint density at radius 2 is 0.543 bits per heavy atom. The van der Waals surface area contributed by atoms with E-state index in [1.807, 2.05) is 0 Å². The first-order valence-electron chi connectivity index (χ1n) is 21.8. The zero-order valence-corrected chi connectivity index (χ0v) is 32.3. The Morgan fingerprint density at radius 1 is 0.304 bits per heavy atom. The molecule has 0 radical (unpaired) electrons. The van der Waals surface area contributed by atoms with Gasteiger partial charge in [-0.15, -0.1) is 0 Å². The van der Waals surface area contributed by atoms with Crippen LogP contribution in [0, 0.1) is 0 Å². The highest BCUT2D eigenvalue weighted by molar-refractivity contribution is 5.15. The van der Waals surface area contributed by atoms with Gasteiger partial charge in [-0.25, -0.2) is 4.57 Å². The van der Waals surface area contributed by atoms with Gasteiger partial charge in [0.25, 0.3) is 0 Å². The Labute approximate surface area is 291 Å². The molecule has 0 aliphatic carbocycles. The van der Waals surface area contributed by atoms with E-state index in [9.17, 15) is 0 Å². The van der Waals surface area contributed by atoms with Gasteiger partial charge in [-0.1, -0.05) is 213 Å². The van der Waals surface area contributed by atoms with Crippen LogP contribution in [-0.4, -0.2) is 0 Å². The normalized spacial score (nSPS) is 11.5. The first-order chi connectivity index (χ1) is 22.8. The van der Waals surface area contributed by atoms with E-state index in [-0.39, 0.29) is 0 Å². The van der Waals surface area contributed by atoms with Crippen molar-refractivity contribution in [2.24, 2.45) is 0 Å². The van der Waals surface area contributed by atoms with Crippen LogP contribution in [0.2, 0.25) is 0 Å². The summed E-state index contributed by atoms with van der Waals surface area (Å²) in [6, 6.07) is 2.58. The number of pyridine rings is 1. The Balaban J connectivity index is 2.32. The number of nitrogens with zero attached hydrogens (tertiary/aromatic N) is 1. The maximum absolute atomic E-state index is 2.58. The molecule has 0 aliphatic heterocycles. The number of unbranched alkanes of at least 4 members (excludes halogenated alkanes) is 31. The second kappa shape index (κ2) is 35.5. The molecule has 1 rings (SSSR count). The highest BCUT2D eigenvalue weighted by Crippen LogP contribution is 2.17. The molecule has 1 aromatic rings. The minimum atomic E-state index is 1.22. The summed E-state index contributed by atoms with van der Waals surface area (Å²) >= 11 is 0. The van der Waals surface area contributed by atoms with Crippen LogP contribution in [0.5, 0.6) is 0 Å². The fourth-order valence-corrected chi connectivity index (χ4v) is 7.30. The van der Waals surface area contributed by atoms with E-state index < -0.39 is 0 Å². The van der Waals surface area contributed by atoms with Crippen molar-refractivity contribution in [1.29, 1.82) is 0 Å². The van der Waals surface area contributed by atoms with Crippen LogP contribution in [0.4, 0.5) is 0 Å². The van der Waals surface area contributed by atoms with Crippen molar-refractivity contribution >= 4 is 0 Å². The third kappa shape index (κ3) is 29.3. The van der Waals surface area contributed by atoms with Crippen molar-refractivity contribution in [3.8, 4) is 0 Å². The maximum atomic E-state index is 2.58. The van der Waals surface area contributed by atoms with Crippen LogP contribution in [0.1, 0.15) is 250 Å². The van der Waals surface area contributed by atoms with Gasteiger partial charge in [-0.05, 0) is 38.2 Å². The molecule has 0 fully saturated rings. The predicted octanol–water partition coefficient (Wildman–Crippen LogP) is 15.4. The first kappa shape index (κ1) is 43.2. The molecule has 0 amide bonds. The molecule has 0 N–H and O–H groups in total. The summed E-state index contributed by atoms with van der Waals surface area (Å²) in [6.07, 6.45) is 56.3. The van der Waals surface area contributed by atoms with Gasteiger partial charge in [0.2, 0.25) is 0 Å². The third-order valence-electron chi connectivity index (χ3n) is 10.4. The molecule has 0 spiro atoms. The van der Waals surface area contributed by atoms with Gasteiger partial charge in [-0.2, -0.15) is 0 Å². The standard InChI is InChI=1S/C45H86N/c1-4-7-10-13-16-19-22-24-26-29-32-35-38-44-41-45(39-36-33-30-27-25-23-20-17-14-11-8-5-2)43-46(42-44)40-37-34-31-28-21-18-15-12-9-6-3/h41-43H,4-40H2,1-3H3/q+1. The Bertz CT molecular complexity index is 677. The summed E-state index contributed by atoms with van der Waals surface area (Å²) in [5.74, 6) is 0. The molecule has 0 unspecified atom stereocenters. The summed E-state index contributed by atoms with van der Waals surface area (Å²) in [5, 5.41) is 0. The average molecular weight is 641 g/mol. The molecule has 270 valence electrons. The Morgan fingerprint density at radius 3 is 0.826 bits per heavy atom. The number of aromatic nitrogens is 1. The molecule has 0 bridgehead atoms. The first-order valence-corrected chi connectivity index (χ1v) is 21.8. The predicted molar refractivity (Wildman–Crippen MR) is 208 cm³/mol. The van der Waals surface area contributed by atoms with Crippen LogP contribution in [0.15, 0.2) is 18.5 Å². The fourth-order valence-electron chi connectivity index (χ4n) is 7.30. The number of hydrogen-bond acceptors (Lipinski definition) is 0. The minimum Gasteiger partial charge on any atom is -0.205 e. The minimum absolute atomic E-state index is 1.22. The third-order valence-corrected chi connectivity index (χ3v) is 10.4. The summed E-state index contributed by atoms with van der Waals surface area (Å²) in [4.78, 5) is 0. The summed E-state index contributed by atoms with van der Waals surface area (Å²) in [5.41, 5.74) is 3.21. The number of hydrogen-bond donors (Lipinski definition) is 0. The average Bonchev–Trinajstić information content (AvgIpc) is 3.06. The van der Waals surface area contributed by atoms with E-state index in [4.69, 9.17) is 0 Å². The molecule has 0 saturated carbocycles. The van der Waals surface area contributed by atoms with Crippen molar-refractivity contribution in [2.75, 3.05) is 0 Å². The van der Waals surface area contributed by atoms with Crippen LogP contribution in [0.3, 0.4) is 0 Å². The van der Waals surface area contributed by atoms with Crippen LogP contribution in [0.25, 0.3) is 0 Å². The van der Waals surface area contributed by atoms with Crippen molar-refractivity contribution in [3.05, 3.63) is 29.6 Å². The van der Waals surface area contributed by atoms with E-state index in [1.54, 1.807) is 11.1 Å². The summed E-state index contributed by atoms with van der Waals surface area (Å²) in [6.45, 7) is 8.16. The largest absolute Gasteiger partial charge is 0.205 e. The lowest BCUT2D eigenvalue weighted by atomic mass is 10.0. The number of aryl methyl sites for hydroxylation is 3. The van der Waals surface area contributed by atoms with Crippen molar-refractivity contribution < 1.29 is 4.57 Å². The SMILES string of the molecule is CCCCCCCCCCCCCCc1cc(CCCCCCCCCCCCCC)c[n+](CCCCCCCCCCCC)c1. The molecule has 1 aromatic heterocycles. The summed E-state index contributed by atoms with van der Waals surface area (Å²) in [7, 11) is 0. The topological polar surface area (TPSA) is 3.88 Å². The van der Waals surface area contributed by atoms with Crippen LogP contribution in [-0.2, 0) is 19.4 Å². The van der Waals surface area contributed by atoms with Crippen molar-refractivity contribution in [2.45, 2.75) is 258 Å². The van der Waals surface area contributed by atoms with Gasteiger partial charge in [0.15, 0.2) is 12.4 Å². The van der Waals surface area contributed by atoms with Gasteiger partial charge >= 0.3 is 0 Å². The molecular formula is C45H86N+. The lowest BCUT2D eigenvalue weighted by Crippen LogP contribution is -2.34. The van der Waals surface area contributed by atoms with Gasteiger partial charge in [0.05, 0.1) is 0 Å². The number of rotatable bonds is 37. The Hall–Kier alpha value is -0.850. The van der Waals surface area contributed by atoms with E-state index in [2.05, 4.69) is 43.8 Å². The summed E-state index contributed by atoms with van der Waals surface area (Å²) < 4.78 is 2.58. The van der Waals surface area contributed by atoms with Gasteiger partial charge in [0.1, 0.15) is 6.54 Å². The smallest absolute Gasteiger partial charge is 0.171 e. The van der Waals surface area contributed by atoms with Crippen LogP contribution >= 0.6 is 0 Å². The molecular weight excluding hydrogens is 555 g/mol. The second-order valence-corrected chi connectivity index (χ2v) is 15.3. The quantitative estimate of drug-likeness (QED) is 0.0503. The molecule has 0 aromatic carbocycles. The van der Waals surface area contributed by atoms with Crippen molar-refractivity contribution in [3.63, 3.8) is 0 Å². The van der Waals surface area contributed by atoms with Gasteiger partial charge in [-0.3, -0.25) is 0 Å². The highest BCUT2D eigenvalue weighted by Gasteiger charge is 2.09. The van der Waals surface area contributed by atoms with Gasteiger partial charge in [0, 0.05) is 17.5 Å². The van der Waals surface area contributed by atoms with E-state index >= 15 is 0 Å². The lowest BCUT2D eigenvalue weighted by Gasteiger charge is -2.07. The molecule has 0 saturated heterocycles. The Kier molecular flexibility index (Phi) is 33.3. The maximum Gasteiger partial charge on any atom is 0.171 e. The van der Waals surface area contributed by atoms with Crippen LogP contribution < -0.4 is 4.57 Å². The molecule has 1 heterocycles. The molecule has 1 heteroatoms. The van der Waals surface area contributed by atoms with E-state index in [0.717, 1.165) is 0 Å². The highest BCUT2D eigenvalue weighted by atomic mass is 14.9. The van der Waals surface area contributed by atoms with E-state index in [1.165, 1.54) is 238 Å². The second-order valence-electron chi connectivity index (χ2n) is 15.3. The fraction of sp³-hybridized carbons (Fsp3) is 0.889.